The second kappa shape index (κ2) is 10.2. The van der Waals surface area contributed by atoms with Crippen LogP contribution in [0.15, 0.2) is 9.42 Å². The molecule has 0 atom stereocenters. The molecule has 1 aromatic heterocycles. The number of hydrogen-bond acceptors (Lipinski definition) is 7. The number of carbonyl (C=O) groups is 2. The van der Waals surface area contributed by atoms with Gasteiger partial charge in [-0.3, -0.25) is 9.59 Å². The maximum Gasteiger partial charge on any atom is 0.291 e. The lowest BCUT2D eigenvalue weighted by molar-refractivity contribution is -0.138. The van der Waals surface area contributed by atoms with Gasteiger partial charge in [0.05, 0.1) is 5.41 Å². The highest BCUT2D eigenvalue weighted by atomic mass is 32.2. The summed E-state index contributed by atoms with van der Waals surface area (Å²) in [5.41, 5.74) is 5.02. The van der Waals surface area contributed by atoms with Crippen LogP contribution in [0.4, 0.5) is 0 Å². The summed E-state index contributed by atoms with van der Waals surface area (Å²) in [5.74, 6) is 3.40. The fourth-order valence-electron chi connectivity index (χ4n) is 7.78. The molecule has 1 heterocycles. The molecule has 1 aromatic rings. The van der Waals surface area contributed by atoms with Gasteiger partial charge in [0.15, 0.2) is 0 Å². The predicted octanol–water partition coefficient (Wildman–Crippen LogP) is 3.89. The van der Waals surface area contributed by atoms with E-state index in [2.05, 4.69) is 15.8 Å². The Morgan fingerprint density at radius 2 is 1.75 bits per heavy atom. The van der Waals surface area contributed by atoms with Gasteiger partial charge in [0.1, 0.15) is 11.5 Å². The summed E-state index contributed by atoms with van der Waals surface area (Å²) >= 11 is 1.67. The number of rotatable bonds is 10. The molecular weight excluding hydrogens is 476 g/mol. The molecule has 4 N–H and O–H groups in total. The molecule has 4 bridgehead atoms. The van der Waals surface area contributed by atoms with E-state index in [1.807, 2.05) is 0 Å². The molecule has 2 amide bonds. The van der Waals surface area contributed by atoms with Crippen LogP contribution in [0.25, 0.3) is 0 Å². The monoisotopic (exact) mass is 516 g/mol. The van der Waals surface area contributed by atoms with Gasteiger partial charge < -0.3 is 25.6 Å². The van der Waals surface area contributed by atoms with Crippen molar-refractivity contribution in [1.29, 1.82) is 0 Å². The van der Waals surface area contributed by atoms with Gasteiger partial charge in [0.25, 0.3) is 11.8 Å². The number of aromatic nitrogens is 1. The van der Waals surface area contributed by atoms with Crippen LogP contribution in [-0.4, -0.2) is 48.0 Å². The number of thioether (sulfide) groups is 1. The number of hydrogen-bond donors (Lipinski definition) is 3. The number of nitrogens with two attached hydrogens (primary N) is 1. The van der Waals surface area contributed by atoms with Crippen LogP contribution in [0, 0.1) is 29.1 Å². The summed E-state index contributed by atoms with van der Waals surface area (Å²) in [6.45, 7) is 1.11. The van der Waals surface area contributed by atoms with E-state index in [0.29, 0.717) is 41.0 Å². The Bertz CT molecular complexity index is 943. The van der Waals surface area contributed by atoms with E-state index in [1.54, 1.807) is 11.8 Å². The predicted molar refractivity (Wildman–Crippen MR) is 137 cm³/mol. The first kappa shape index (κ1) is 24.6. The molecule has 7 rings (SSSR count). The van der Waals surface area contributed by atoms with Crippen LogP contribution in [0.2, 0.25) is 0 Å². The molecule has 6 aliphatic carbocycles. The minimum atomic E-state index is -0.549. The van der Waals surface area contributed by atoms with Gasteiger partial charge in [-0.05, 0) is 86.6 Å². The number of ether oxygens (including phenoxy) is 1. The quantitative estimate of drug-likeness (QED) is 0.432. The maximum absolute atomic E-state index is 13.5. The van der Waals surface area contributed by atoms with E-state index in [4.69, 9.17) is 15.0 Å². The van der Waals surface area contributed by atoms with Crippen LogP contribution in [0.1, 0.15) is 87.6 Å². The van der Waals surface area contributed by atoms with Crippen molar-refractivity contribution in [2.24, 2.45) is 34.8 Å². The van der Waals surface area contributed by atoms with Crippen LogP contribution < -0.4 is 21.1 Å². The largest absolute Gasteiger partial charge is 0.474 e. The topological polar surface area (TPSA) is 119 Å². The minimum absolute atomic E-state index is 0.00690. The number of amides is 2. The second-order valence-corrected chi connectivity index (χ2v) is 13.4. The molecule has 8 nitrogen and oxygen atoms in total. The van der Waals surface area contributed by atoms with Crippen molar-refractivity contribution in [2.45, 2.75) is 93.2 Å². The first-order valence-corrected chi connectivity index (χ1v) is 15.0. The Morgan fingerprint density at radius 1 is 1.06 bits per heavy atom. The molecule has 6 fully saturated rings. The molecule has 36 heavy (non-hydrogen) atoms. The zero-order valence-electron chi connectivity index (χ0n) is 21.1. The van der Waals surface area contributed by atoms with E-state index in [9.17, 15) is 9.59 Å². The Labute approximate surface area is 217 Å². The van der Waals surface area contributed by atoms with Gasteiger partial charge in [-0.15, -0.1) is 11.8 Å². The molecule has 6 aliphatic rings. The van der Waals surface area contributed by atoms with E-state index >= 15 is 0 Å². The Morgan fingerprint density at radius 3 is 2.36 bits per heavy atom. The van der Waals surface area contributed by atoms with Crippen molar-refractivity contribution in [3.05, 3.63) is 5.76 Å². The third kappa shape index (κ3) is 4.66. The van der Waals surface area contributed by atoms with Gasteiger partial charge >= 0.3 is 0 Å². The number of nitrogens with one attached hydrogen (secondary N) is 2. The highest BCUT2D eigenvalue weighted by Crippen LogP contribution is 2.54. The summed E-state index contributed by atoms with van der Waals surface area (Å²) in [6.07, 6.45) is 13.6. The fraction of sp³-hybridized carbons (Fsp3) is 0.815. The molecule has 198 valence electrons. The number of carbonyl (C=O) groups excluding carboxylic acids is 2. The van der Waals surface area contributed by atoms with Crippen molar-refractivity contribution >= 4 is 23.6 Å². The molecule has 0 spiro atoms. The Balaban J connectivity index is 1.17. The van der Waals surface area contributed by atoms with Gasteiger partial charge in [-0.25, -0.2) is 0 Å². The SMILES string of the molecule is NCCNC(=O)C1(COc2noc(C(=O)NC3C4CC5CC(C4)CC3C5)c2SC2CCCC2)CCC1. The van der Waals surface area contributed by atoms with E-state index in [-0.39, 0.29) is 30.2 Å². The van der Waals surface area contributed by atoms with Crippen LogP contribution in [0.5, 0.6) is 5.88 Å². The van der Waals surface area contributed by atoms with Crippen LogP contribution in [0.3, 0.4) is 0 Å². The lowest BCUT2D eigenvalue weighted by atomic mass is 9.54. The van der Waals surface area contributed by atoms with Crippen molar-refractivity contribution in [2.75, 3.05) is 19.7 Å². The van der Waals surface area contributed by atoms with E-state index in [0.717, 1.165) is 43.9 Å². The number of nitrogens with zero attached hydrogens (tertiary/aromatic N) is 1. The smallest absolute Gasteiger partial charge is 0.291 e. The highest BCUT2D eigenvalue weighted by molar-refractivity contribution is 8.00. The minimum Gasteiger partial charge on any atom is -0.474 e. The Kier molecular flexibility index (Phi) is 6.97. The standard InChI is InChI=1S/C27H40N4O4S/c28-8-9-29-26(33)27(6-3-7-27)15-34-25-23(36-20-4-1-2-5-20)22(35-31-25)24(32)30-21-18-11-16-10-17(13-18)14-19(21)12-16/h16-21H,1-15,28H2,(H,29,33)(H,30,32). The lowest BCUT2D eigenvalue weighted by Crippen LogP contribution is -2.55. The van der Waals surface area contributed by atoms with E-state index in [1.165, 1.54) is 44.9 Å². The normalized spacial score (nSPS) is 32.3. The molecular formula is C27H40N4O4S. The average molecular weight is 517 g/mol. The van der Waals surface area contributed by atoms with Crippen LogP contribution in [-0.2, 0) is 4.79 Å². The zero-order chi connectivity index (χ0) is 24.7. The maximum atomic E-state index is 13.5. The first-order chi connectivity index (χ1) is 17.5. The van der Waals surface area contributed by atoms with Gasteiger partial charge in [0, 0.05) is 24.4 Å². The molecule has 6 saturated carbocycles. The molecule has 0 saturated heterocycles. The van der Waals surface area contributed by atoms with E-state index < -0.39 is 5.41 Å². The molecule has 0 aromatic carbocycles. The van der Waals surface area contributed by atoms with Gasteiger partial charge in [-0.1, -0.05) is 19.3 Å². The third-order valence-corrected chi connectivity index (χ3v) is 11.0. The third-order valence-electron chi connectivity index (χ3n) is 9.65. The van der Waals surface area contributed by atoms with Crippen molar-refractivity contribution in [3.63, 3.8) is 0 Å². The second-order valence-electron chi connectivity index (χ2n) is 12.1. The lowest BCUT2D eigenvalue weighted by Gasteiger charge is -2.54. The van der Waals surface area contributed by atoms with Crippen LogP contribution >= 0.6 is 11.8 Å². The van der Waals surface area contributed by atoms with Gasteiger partial charge in [0.2, 0.25) is 11.7 Å². The Hall–Kier alpha value is -1.74. The summed E-state index contributed by atoms with van der Waals surface area (Å²) in [5, 5.41) is 10.9. The summed E-state index contributed by atoms with van der Waals surface area (Å²) < 4.78 is 11.9. The van der Waals surface area contributed by atoms with Crippen molar-refractivity contribution < 1.29 is 18.8 Å². The highest BCUT2D eigenvalue weighted by Gasteiger charge is 2.49. The summed E-state index contributed by atoms with van der Waals surface area (Å²) in [7, 11) is 0. The van der Waals surface area contributed by atoms with Crippen molar-refractivity contribution in [3.8, 4) is 5.88 Å². The molecule has 0 unspecified atom stereocenters. The van der Waals surface area contributed by atoms with Crippen molar-refractivity contribution in [1.82, 2.24) is 15.8 Å². The zero-order valence-corrected chi connectivity index (χ0v) is 22.0. The van der Waals surface area contributed by atoms with Gasteiger partial charge in [-0.2, -0.15) is 0 Å². The molecule has 9 heteroatoms. The molecule has 0 radical (unpaired) electrons. The fourth-order valence-corrected chi connectivity index (χ4v) is 9.11. The first-order valence-electron chi connectivity index (χ1n) is 14.1. The molecule has 0 aliphatic heterocycles. The average Bonchev–Trinajstić information content (AvgIpc) is 3.49. The summed E-state index contributed by atoms with van der Waals surface area (Å²) in [6, 6.07) is 0.244. The summed E-state index contributed by atoms with van der Waals surface area (Å²) in [4.78, 5) is 27.0.